The van der Waals surface area contributed by atoms with Gasteiger partial charge >= 0.3 is 0 Å². The Hall–Kier alpha value is -1.02. The predicted molar refractivity (Wildman–Crippen MR) is 99.6 cm³/mol. The molecule has 1 heterocycles. The zero-order chi connectivity index (χ0) is 15.7. The molecule has 0 unspecified atom stereocenters. The van der Waals surface area contributed by atoms with E-state index in [1.54, 1.807) is 4.88 Å². The minimum Gasteiger partial charge on any atom is -0.350 e. The van der Waals surface area contributed by atoms with Crippen LogP contribution in [0.1, 0.15) is 68.4 Å². The number of aryl methyl sites for hydroxylation is 1. The number of allylic oxidation sites excluding steroid dienone is 1. The maximum absolute atomic E-state index is 4.35. The first-order chi connectivity index (χ1) is 10.5. The van der Waals surface area contributed by atoms with Crippen LogP contribution in [0.15, 0.2) is 18.9 Å². The molecule has 1 saturated carbocycles. The van der Waals surface area contributed by atoms with Gasteiger partial charge in [0.15, 0.2) is 0 Å². The molecule has 0 aliphatic heterocycles. The van der Waals surface area contributed by atoms with Gasteiger partial charge in [-0.15, -0.1) is 11.3 Å². The molecule has 0 radical (unpaired) electrons. The highest BCUT2D eigenvalue weighted by molar-refractivity contribution is 7.16. The van der Waals surface area contributed by atoms with Crippen molar-refractivity contribution in [1.29, 1.82) is 0 Å². The summed E-state index contributed by atoms with van der Waals surface area (Å²) in [5, 5.41) is 4.95. The minimum atomic E-state index is 0.420. The fourth-order valence-corrected chi connectivity index (χ4v) is 5.20. The smallest absolute Gasteiger partial charge is 0.100 e. The van der Waals surface area contributed by atoms with E-state index in [1.807, 2.05) is 17.4 Å². The Morgan fingerprint density at radius 3 is 2.68 bits per heavy atom. The molecule has 22 heavy (non-hydrogen) atoms. The number of hydrogen-bond donors (Lipinski definition) is 1. The van der Waals surface area contributed by atoms with E-state index in [-0.39, 0.29) is 0 Å². The van der Waals surface area contributed by atoms with Crippen molar-refractivity contribution >= 4 is 22.4 Å². The second-order valence-corrected chi connectivity index (χ2v) is 8.88. The second-order valence-electron chi connectivity index (χ2n) is 7.78. The highest BCUT2D eigenvalue weighted by atomic mass is 32.1. The van der Waals surface area contributed by atoms with Gasteiger partial charge in [0.05, 0.1) is 0 Å². The number of anilines is 1. The summed E-state index contributed by atoms with van der Waals surface area (Å²) < 4.78 is 0. The SMILES string of the molecule is C=Cc1c(NC(=C)C2CCCCC2)sc2c1CC(C)(C)CC2. The lowest BCUT2D eigenvalue weighted by atomic mass is 9.76. The molecule has 0 atom stereocenters. The van der Waals surface area contributed by atoms with Crippen molar-refractivity contribution in [2.45, 2.75) is 65.2 Å². The van der Waals surface area contributed by atoms with Crippen LogP contribution in [-0.4, -0.2) is 0 Å². The monoisotopic (exact) mass is 315 g/mol. The normalized spacial score (nSPS) is 21.2. The highest BCUT2D eigenvalue weighted by Gasteiger charge is 2.30. The van der Waals surface area contributed by atoms with Crippen molar-refractivity contribution in [1.82, 2.24) is 0 Å². The molecule has 0 amide bonds. The van der Waals surface area contributed by atoms with Gasteiger partial charge in [-0.2, -0.15) is 0 Å². The van der Waals surface area contributed by atoms with Crippen LogP contribution >= 0.6 is 11.3 Å². The van der Waals surface area contributed by atoms with Crippen molar-refractivity contribution < 1.29 is 0 Å². The van der Waals surface area contributed by atoms with Gasteiger partial charge in [0.25, 0.3) is 0 Å². The van der Waals surface area contributed by atoms with Gasteiger partial charge in [-0.1, -0.05) is 52.3 Å². The average Bonchev–Trinajstić information content (AvgIpc) is 2.83. The van der Waals surface area contributed by atoms with Crippen LogP contribution in [0, 0.1) is 11.3 Å². The summed E-state index contributed by atoms with van der Waals surface area (Å²) in [5.41, 5.74) is 4.52. The van der Waals surface area contributed by atoms with E-state index >= 15 is 0 Å². The topological polar surface area (TPSA) is 12.0 Å². The van der Waals surface area contributed by atoms with Gasteiger partial charge in [0.2, 0.25) is 0 Å². The summed E-state index contributed by atoms with van der Waals surface area (Å²) in [4.78, 5) is 1.56. The number of nitrogens with one attached hydrogen (secondary N) is 1. The molecule has 1 aromatic rings. The van der Waals surface area contributed by atoms with Crippen LogP contribution in [0.2, 0.25) is 0 Å². The third kappa shape index (κ3) is 3.17. The fraction of sp³-hybridized carbons (Fsp3) is 0.600. The van der Waals surface area contributed by atoms with Gasteiger partial charge in [0.1, 0.15) is 5.00 Å². The lowest BCUT2D eigenvalue weighted by Gasteiger charge is -2.29. The molecule has 120 valence electrons. The summed E-state index contributed by atoms with van der Waals surface area (Å²) in [6.07, 6.45) is 12.4. The van der Waals surface area contributed by atoms with E-state index in [0.29, 0.717) is 11.3 Å². The second kappa shape index (κ2) is 6.23. The van der Waals surface area contributed by atoms with E-state index in [1.165, 1.54) is 73.2 Å². The first-order valence-corrected chi connectivity index (χ1v) is 9.54. The first-order valence-electron chi connectivity index (χ1n) is 8.73. The summed E-state index contributed by atoms with van der Waals surface area (Å²) in [6.45, 7) is 13.2. The molecule has 0 aromatic carbocycles. The summed E-state index contributed by atoms with van der Waals surface area (Å²) in [5.74, 6) is 0.655. The molecule has 0 saturated heterocycles. The van der Waals surface area contributed by atoms with E-state index in [0.717, 1.165) is 0 Å². The summed E-state index contributed by atoms with van der Waals surface area (Å²) >= 11 is 1.94. The van der Waals surface area contributed by atoms with E-state index in [9.17, 15) is 0 Å². The quantitative estimate of drug-likeness (QED) is 0.676. The Morgan fingerprint density at radius 1 is 1.27 bits per heavy atom. The van der Waals surface area contributed by atoms with Gasteiger partial charge in [-0.05, 0) is 49.0 Å². The zero-order valence-electron chi connectivity index (χ0n) is 14.1. The van der Waals surface area contributed by atoms with Crippen LogP contribution in [-0.2, 0) is 12.8 Å². The van der Waals surface area contributed by atoms with Gasteiger partial charge in [-0.3, -0.25) is 0 Å². The number of hydrogen-bond acceptors (Lipinski definition) is 2. The van der Waals surface area contributed by atoms with Crippen LogP contribution in [0.4, 0.5) is 5.00 Å². The van der Waals surface area contributed by atoms with Crippen molar-refractivity contribution in [2.24, 2.45) is 11.3 Å². The van der Waals surface area contributed by atoms with Crippen molar-refractivity contribution in [3.63, 3.8) is 0 Å². The maximum atomic E-state index is 4.35. The third-order valence-corrected chi connectivity index (χ3v) is 6.61. The fourth-order valence-electron chi connectivity index (χ4n) is 3.95. The lowest BCUT2D eigenvalue weighted by molar-refractivity contribution is 0.318. The minimum absolute atomic E-state index is 0.420. The molecule has 2 aliphatic carbocycles. The van der Waals surface area contributed by atoms with Gasteiger partial charge in [0, 0.05) is 16.1 Å². The molecule has 1 N–H and O–H groups in total. The molecule has 0 spiro atoms. The van der Waals surface area contributed by atoms with E-state index < -0.39 is 0 Å². The number of thiophene rings is 1. The number of fused-ring (bicyclic) bond motifs is 1. The lowest BCUT2D eigenvalue weighted by Crippen LogP contribution is -2.21. The average molecular weight is 316 g/mol. The van der Waals surface area contributed by atoms with Crippen LogP contribution in [0.25, 0.3) is 6.08 Å². The largest absolute Gasteiger partial charge is 0.350 e. The summed E-state index contributed by atoms with van der Waals surface area (Å²) in [6, 6.07) is 0. The third-order valence-electron chi connectivity index (χ3n) is 5.39. The van der Waals surface area contributed by atoms with Gasteiger partial charge < -0.3 is 5.32 Å². The highest BCUT2D eigenvalue weighted by Crippen LogP contribution is 2.45. The molecule has 1 fully saturated rings. The Balaban J connectivity index is 1.81. The van der Waals surface area contributed by atoms with Crippen molar-refractivity contribution in [3.8, 4) is 0 Å². The van der Waals surface area contributed by atoms with Crippen molar-refractivity contribution in [3.05, 3.63) is 34.9 Å². The standard InChI is InChI=1S/C20H29NS/c1-5-16-17-13-20(3,4)12-11-18(17)22-19(16)21-14(2)15-9-7-6-8-10-15/h5,15,21H,1-2,6-13H2,3-4H3. The van der Waals surface area contributed by atoms with Crippen LogP contribution in [0.5, 0.6) is 0 Å². The van der Waals surface area contributed by atoms with Gasteiger partial charge in [-0.25, -0.2) is 0 Å². The zero-order valence-corrected chi connectivity index (χ0v) is 15.0. The molecule has 2 heteroatoms. The molecule has 1 aromatic heterocycles. The molecular weight excluding hydrogens is 286 g/mol. The Bertz CT molecular complexity index is 573. The first kappa shape index (κ1) is 15.9. The molecular formula is C20H29NS. The number of rotatable bonds is 4. The predicted octanol–water partition coefficient (Wildman–Crippen LogP) is 6.41. The van der Waals surface area contributed by atoms with Crippen LogP contribution in [0.3, 0.4) is 0 Å². The summed E-state index contributed by atoms with van der Waals surface area (Å²) in [7, 11) is 0. The van der Waals surface area contributed by atoms with Crippen molar-refractivity contribution in [2.75, 3.05) is 5.32 Å². The molecule has 3 rings (SSSR count). The van der Waals surface area contributed by atoms with E-state index in [4.69, 9.17) is 0 Å². The molecule has 2 aliphatic rings. The Labute approximate surface area is 139 Å². The molecule has 1 nitrogen and oxygen atoms in total. The molecule has 0 bridgehead atoms. The van der Waals surface area contributed by atoms with Crippen LogP contribution < -0.4 is 5.32 Å². The van der Waals surface area contributed by atoms with E-state index in [2.05, 4.69) is 32.3 Å². The maximum Gasteiger partial charge on any atom is 0.100 e. The Morgan fingerprint density at radius 2 is 2.00 bits per heavy atom. The Kier molecular flexibility index (Phi) is 4.49.